The van der Waals surface area contributed by atoms with Gasteiger partial charge < -0.3 is 4.18 Å². The Labute approximate surface area is 41.4 Å². The molecule has 3 nitrogen and oxygen atoms in total. The van der Waals surface area contributed by atoms with Crippen molar-refractivity contribution in [3.8, 4) is 0 Å². The van der Waals surface area contributed by atoms with Gasteiger partial charge in [0.15, 0.2) is 0 Å². The first-order valence-electron chi connectivity index (χ1n) is 0.959. The largest absolute Gasteiger partial charge is 0.355 e. The van der Waals surface area contributed by atoms with E-state index in [0.717, 1.165) is 0 Å². The lowest BCUT2D eigenvalue weighted by Crippen LogP contribution is -1.81. The maximum Gasteiger partial charge on any atom is 0.311 e. The van der Waals surface area contributed by atoms with Gasteiger partial charge in [0.1, 0.15) is 0 Å². The number of carbonyl (C=O) groups is 1. The first-order chi connectivity index (χ1) is 2.77. The van der Waals surface area contributed by atoms with Crippen LogP contribution < -0.4 is 0 Å². The zero-order valence-corrected chi connectivity index (χ0v) is 4.16. The monoisotopic (exact) mass is 128 g/mol. The SMILES string of the molecule is O=COS(=O)Cl. The van der Waals surface area contributed by atoms with E-state index in [2.05, 4.69) is 14.9 Å². The third-order valence-corrected chi connectivity index (χ3v) is 0.563. The van der Waals surface area contributed by atoms with Crippen LogP contribution in [0.1, 0.15) is 0 Å². The summed E-state index contributed by atoms with van der Waals surface area (Å²) in [6.07, 6.45) is 0. The van der Waals surface area contributed by atoms with Crippen LogP contribution in [0.2, 0.25) is 0 Å². The van der Waals surface area contributed by atoms with Crippen molar-refractivity contribution >= 4 is 27.4 Å². The minimum absolute atomic E-state index is 0.0170. The highest BCUT2D eigenvalue weighted by molar-refractivity contribution is 8.04. The Morgan fingerprint density at radius 1 is 1.83 bits per heavy atom. The second kappa shape index (κ2) is 3.11. The molecule has 0 aliphatic rings. The second-order valence-corrected chi connectivity index (χ2v) is 1.72. The van der Waals surface area contributed by atoms with E-state index in [4.69, 9.17) is 4.79 Å². The van der Waals surface area contributed by atoms with Crippen LogP contribution in [0.15, 0.2) is 0 Å². The highest BCUT2D eigenvalue weighted by Gasteiger charge is 1.83. The molecule has 0 radical (unpaired) electrons. The minimum Gasteiger partial charge on any atom is -0.355 e. The summed E-state index contributed by atoms with van der Waals surface area (Å²) < 4.78 is 13.1. The molecule has 1 atom stereocenters. The molecule has 0 saturated heterocycles. The summed E-state index contributed by atoms with van der Waals surface area (Å²) in [4.78, 5) is 9.12. The van der Waals surface area contributed by atoms with Gasteiger partial charge in [0.2, 0.25) is 0 Å². The van der Waals surface area contributed by atoms with Crippen LogP contribution in [0.3, 0.4) is 0 Å². The normalized spacial score (nSPS) is 12.8. The summed E-state index contributed by atoms with van der Waals surface area (Å²) in [5.74, 6) is 0. The fourth-order valence-electron chi connectivity index (χ4n) is 0.0309. The summed E-state index contributed by atoms with van der Waals surface area (Å²) in [7, 11) is 2.64. The molecule has 0 aromatic rings. The fourth-order valence-corrected chi connectivity index (χ4v) is 0.182. The van der Waals surface area contributed by atoms with Crippen molar-refractivity contribution < 1.29 is 13.2 Å². The molecule has 0 N–H and O–H groups in total. The van der Waals surface area contributed by atoms with Gasteiger partial charge in [-0.05, 0) is 0 Å². The van der Waals surface area contributed by atoms with Gasteiger partial charge in [-0.3, -0.25) is 4.79 Å². The van der Waals surface area contributed by atoms with Crippen molar-refractivity contribution in [2.24, 2.45) is 0 Å². The molecule has 0 spiro atoms. The molecule has 0 fully saturated rings. The summed E-state index contributed by atoms with van der Waals surface area (Å²) in [5, 5.41) is 0. The number of hydrogen-bond acceptors (Lipinski definition) is 3. The Balaban J connectivity index is 3.05. The molecule has 0 aromatic heterocycles. The van der Waals surface area contributed by atoms with Crippen LogP contribution in [0.5, 0.6) is 0 Å². The first kappa shape index (κ1) is 5.91. The van der Waals surface area contributed by atoms with Crippen molar-refractivity contribution in [3.63, 3.8) is 0 Å². The van der Waals surface area contributed by atoms with E-state index in [9.17, 15) is 4.21 Å². The number of carbonyl (C=O) groups excluding carboxylic acids is 1. The molecule has 0 aliphatic heterocycles. The lowest BCUT2D eigenvalue weighted by atomic mass is 11.7. The average molecular weight is 129 g/mol. The highest BCUT2D eigenvalue weighted by Crippen LogP contribution is 1.84. The van der Waals surface area contributed by atoms with Crippen LogP contribution in [-0.4, -0.2) is 10.7 Å². The van der Waals surface area contributed by atoms with Gasteiger partial charge in [0.05, 0.1) is 0 Å². The third kappa shape index (κ3) is 3.91. The van der Waals surface area contributed by atoms with Gasteiger partial charge in [-0.15, -0.1) is 0 Å². The van der Waals surface area contributed by atoms with Gasteiger partial charge in [-0.1, -0.05) is 0 Å². The maximum atomic E-state index is 9.47. The summed E-state index contributed by atoms with van der Waals surface area (Å²) in [6.45, 7) is 0.0170. The quantitative estimate of drug-likeness (QED) is 0.388. The molecule has 0 rings (SSSR count). The number of rotatable bonds is 2. The van der Waals surface area contributed by atoms with Crippen molar-refractivity contribution in [1.82, 2.24) is 0 Å². The van der Waals surface area contributed by atoms with E-state index < -0.39 is 10.3 Å². The number of halogens is 1. The molecule has 0 aliphatic carbocycles. The lowest BCUT2D eigenvalue weighted by molar-refractivity contribution is -0.119. The standard InChI is InChI=1S/CHClO3S/c2-6(4)5-1-3/h1H. The van der Waals surface area contributed by atoms with Crippen molar-refractivity contribution in [1.29, 1.82) is 0 Å². The lowest BCUT2D eigenvalue weighted by Gasteiger charge is -1.76. The number of hydrogen-bond donors (Lipinski definition) is 0. The smallest absolute Gasteiger partial charge is 0.311 e. The van der Waals surface area contributed by atoms with E-state index in [1.165, 1.54) is 0 Å². The van der Waals surface area contributed by atoms with Crippen LogP contribution in [0.25, 0.3) is 0 Å². The Hall–Kier alpha value is -0.0900. The molecule has 5 heteroatoms. The Kier molecular flexibility index (Phi) is 3.07. The van der Waals surface area contributed by atoms with Gasteiger partial charge in [-0.25, -0.2) is 0 Å². The van der Waals surface area contributed by atoms with Crippen LogP contribution in [0.4, 0.5) is 0 Å². The molecule has 6 heavy (non-hydrogen) atoms. The van der Waals surface area contributed by atoms with Gasteiger partial charge in [0.25, 0.3) is 0 Å². The maximum absolute atomic E-state index is 9.47. The van der Waals surface area contributed by atoms with Crippen molar-refractivity contribution in [3.05, 3.63) is 0 Å². The Bertz CT molecular complexity index is 71.2. The van der Waals surface area contributed by atoms with E-state index >= 15 is 0 Å². The molecule has 0 aromatic carbocycles. The van der Waals surface area contributed by atoms with E-state index in [-0.39, 0.29) is 6.47 Å². The highest BCUT2D eigenvalue weighted by atomic mass is 35.7. The zero-order chi connectivity index (χ0) is 4.99. The predicted molar refractivity (Wildman–Crippen MR) is 21.1 cm³/mol. The van der Waals surface area contributed by atoms with E-state index in [0.29, 0.717) is 0 Å². The molecule has 0 heterocycles. The molecule has 36 valence electrons. The molecular formula is CHClO3S. The van der Waals surface area contributed by atoms with Gasteiger partial charge in [-0.2, -0.15) is 4.21 Å². The van der Waals surface area contributed by atoms with E-state index in [1.54, 1.807) is 0 Å². The molecule has 0 bridgehead atoms. The fraction of sp³-hybridized carbons (Fsp3) is 0. The van der Waals surface area contributed by atoms with Crippen LogP contribution >= 0.6 is 10.7 Å². The van der Waals surface area contributed by atoms with Gasteiger partial charge in [0, 0.05) is 10.7 Å². The Morgan fingerprint density at radius 3 is 2.33 bits per heavy atom. The predicted octanol–water partition coefficient (Wildman–Crippen LogP) is -0.0231. The molecular weight excluding hydrogens is 128 g/mol. The van der Waals surface area contributed by atoms with Crippen molar-refractivity contribution in [2.75, 3.05) is 0 Å². The molecule has 0 amide bonds. The van der Waals surface area contributed by atoms with E-state index in [1.807, 2.05) is 0 Å². The van der Waals surface area contributed by atoms with Crippen LogP contribution in [0, 0.1) is 0 Å². The topological polar surface area (TPSA) is 43.4 Å². The second-order valence-electron chi connectivity index (χ2n) is 0.386. The van der Waals surface area contributed by atoms with Crippen molar-refractivity contribution in [2.45, 2.75) is 0 Å². The average Bonchev–Trinajstić information content (AvgIpc) is 1.35. The summed E-state index contributed by atoms with van der Waals surface area (Å²) >= 11 is 0. The Morgan fingerprint density at radius 2 is 2.33 bits per heavy atom. The summed E-state index contributed by atoms with van der Waals surface area (Å²) in [5.41, 5.74) is 0. The van der Waals surface area contributed by atoms with Crippen LogP contribution in [-0.2, 0) is 19.3 Å². The third-order valence-electron chi connectivity index (χ3n) is 0.115. The summed E-state index contributed by atoms with van der Waals surface area (Å²) in [6, 6.07) is 0. The van der Waals surface area contributed by atoms with Gasteiger partial charge >= 0.3 is 16.8 Å². The molecule has 1 unspecified atom stereocenters. The first-order valence-corrected chi connectivity index (χ1v) is 2.86. The minimum atomic E-state index is -1.96. The zero-order valence-electron chi connectivity index (χ0n) is 2.59. The molecule has 0 saturated carbocycles.